The van der Waals surface area contributed by atoms with Crippen molar-refractivity contribution in [3.05, 3.63) is 64.9 Å². The number of rotatable bonds is 6. The third kappa shape index (κ3) is 5.92. The fraction of sp³-hybridized carbons (Fsp3) is 0.211. The van der Waals surface area contributed by atoms with Gasteiger partial charge in [-0.25, -0.2) is 4.39 Å². The summed E-state index contributed by atoms with van der Waals surface area (Å²) in [5, 5.41) is 11.2. The minimum absolute atomic E-state index is 0.0109. The Balaban J connectivity index is 1.49. The summed E-state index contributed by atoms with van der Waals surface area (Å²) in [6, 6.07) is 10.7. The highest BCUT2D eigenvalue weighted by Crippen LogP contribution is 2.14. The molecule has 0 aliphatic carbocycles. The number of amides is 3. The maximum atomic E-state index is 13.2. The van der Waals surface area contributed by atoms with Crippen LogP contribution in [0.5, 0.6) is 0 Å². The van der Waals surface area contributed by atoms with E-state index in [2.05, 4.69) is 21.3 Å². The van der Waals surface area contributed by atoms with Gasteiger partial charge in [0, 0.05) is 16.3 Å². The second-order valence-electron chi connectivity index (χ2n) is 6.41. The summed E-state index contributed by atoms with van der Waals surface area (Å²) >= 11 is 6.90. The van der Waals surface area contributed by atoms with Crippen LogP contribution in [0.1, 0.15) is 10.4 Å². The number of nitrogens with two attached hydrogens (primary N) is 1. The Morgan fingerprint density at radius 2 is 1.93 bits per heavy atom. The predicted octanol–water partition coefficient (Wildman–Crippen LogP) is 1.24. The molecule has 1 aliphatic heterocycles. The summed E-state index contributed by atoms with van der Waals surface area (Å²) in [7, 11) is 0. The predicted molar refractivity (Wildman–Crippen MR) is 113 cm³/mol. The average Bonchev–Trinajstić information content (AvgIpc) is 2.69. The first-order chi connectivity index (χ1) is 14.3. The molecule has 3 unspecified atom stereocenters. The van der Waals surface area contributed by atoms with E-state index in [4.69, 9.17) is 17.3 Å². The van der Waals surface area contributed by atoms with Crippen LogP contribution >= 0.6 is 23.4 Å². The van der Waals surface area contributed by atoms with E-state index >= 15 is 0 Å². The van der Waals surface area contributed by atoms with E-state index in [1.807, 2.05) is 0 Å². The molecule has 8 nitrogen and oxygen atoms in total. The molecule has 1 aliphatic rings. The molecule has 0 spiro atoms. The number of carbonyl (C=O) groups is 3. The molecule has 30 heavy (non-hydrogen) atoms. The van der Waals surface area contributed by atoms with Gasteiger partial charge in [0.1, 0.15) is 17.4 Å². The SMILES string of the molecule is NC1NC(SCC(=O)Nc2cccc(F)c2)NC(=O)C1NC(=O)c1ccc(Cl)cc1. The fourth-order valence-corrected chi connectivity index (χ4v) is 3.66. The van der Waals surface area contributed by atoms with Crippen molar-refractivity contribution in [1.82, 2.24) is 16.0 Å². The van der Waals surface area contributed by atoms with Crippen molar-refractivity contribution in [1.29, 1.82) is 0 Å². The van der Waals surface area contributed by atoms with Crippen molar-refractivity contribution in [3.8, 4) is 0 Å². The number of carbonyl (C=O) groups excluding carboxylic acids is 3. The maximum Gasteiger partial charge on any atom is 0.252 e. The van der Waals surface area contributed by atoms with E-state index in [-0.39, 0.29) is 11.7 Å². The number of hydrogen-bond acceptors (Lipinski definition) is 6. The molecule has 11 heteroatoms. The lowest BCUT2D eigenvalue weighted by Gasteiger charge is -2.35. The Hall–Kier alpha value is -2.66. The number of thioether (sulfide) groups is 1. The molecule has 3 amide bonds. The molecule has 2 aromatic carbocycles. The lowest BCUT2D eigenvalue weighted by Crippen LogP contribution is -2.70. The minimum atomic E-state index is -0.994. The van der Waals surface area contributed by atoms with Crippen molar-refractivity contribution in [2.75, 3.05) is 11.1 Å². The van der Waals surface area contributed by atoms with Crippen molar-refractivity contribution < 1.29 is 18.8 Å². The molecule has 0 saturated carbocycles. The molecule has 6 N–H and O–H groups in total. The molecule has 0 radical (unpaired) electrons. The normalized spacial score (nSPS) is 20.9. The molecule has 1 fully saturated rings. The lowest BCUT2D eigenvalue weighted by molar-refractivity contribution is -0.125. The molecule has 0 bridgehead atoms. The van der Waals surface area contributed by atoms with E-state index < -0.39 is 35.3 Å². The van der Waals surface area contributed by atoms with E-state index in [0.29, 0.717) is 16.3 Å². The monoisotopic (exact) mass is 451 g/mol. The fourth-order valence-electron chi connectivity index (χ4n) is 2.69. The number of nitrogens with one attached hydrogen (secondary N) is 4. The number of anilines is 1. The largest absolute Gasteiger partial charge is 0.338 e. The third-order valence-corrected chi connectivity index (χ3v) is 5.41. The molecule has 2 aromatic rings. The Morgan fingerprint density at radius 3 is 2.60 bits per heavy atom. The summed E-state index contributed by atoms with van der Waals surface area (Å²) in [5.74, 6) is -1.79. The van der Waals surface area contributed by atoms with Gasteiger partial charge in [-0.1, -0.05) is 17.7 Å². The van der Waals surface area contributed by atoms with Crippen molar-refractivity contribution in [3.63, 3.8) is 0 Å². The van der Waals surface area contributed by atoms with Gasteiger partial charge < -0.3 is 21.7 Å². The van der Waals surface area contributed by atoms with Crippen LogP contribution < -0.4 is 27.0 Å². The highest BCUT2D eigenvalue weighted by molar-refractivity contribution is 8.00. The van der Waals surface area contributed by atoms with Crippen LogP contribution in [0, 0.1) is 5.82 Å². The van der Waals surface area contributed by atoms with Gasteiger partial charge in [0.15, 0.2) is 0 Å². The van der Waals surface area contributed by atoms with Crippen molar-refractivity contribution >= 4 is 46.8 Å². The van der Waals surface area contributed by atoms with E-state index in [1.54, 1.807) is 18.2 Å². The van der Waals surface area contributed by atoms with Gasteiger partial charge in [0.25, 0.3) is 5.91 Å². The molecule has 1 heterocycles. The Bertz CT molecular complexity index is 946. The summed E-state index contributed by atoms with van der Waals surface area (Å²) in [4.78, 5) is 36.7. The molecule has 0 aromatic heterocycles. The summed E-state index contributed by atoms with van der Waals surface area (Å²) in [6.45, 7) is 0. The Morgan fingerprint density at radius 1 is 1.20 bits per heavy atom. The number of hydrogen-bond donors (Lipinski definition) is 5. The first kappa shape index (κ1) is 22.0. The van der Waals surface area contributed by atoms with Crippen LogP contribution in [-0.2, 0) is 9.59 Å². The zero-order valence-corrected chi connectivity index (χ0v) is 17.1. The van der Waals surface area contributed by atoms with Gasteiger partial charge >= 0.3 is 0 Å². The molecule has 158 valence electrons. The topological polar surface area (TPSA) is 125 Å². The van der Waals surface area contributed by atoms with E-state index in [9.17, 15) is 18.8 Å². The number of halogens is 2. The summed E-state index contributed by atoms with van der Waals surface area (Å²) in [5.41, 5.74) is 6.04. The minimum Gasteiger partial charge on any atom is -0.338 e. The van der Waals surface area contributed by atoms with E-state index in [0.717, 1.165) is 11.8 Å². The van der Waals surface area contributed by atoms with Gasteiger partial charge in [-0.2, -0.15) is 0 Å². The second-order valence-corrected chi connectivity index (χ2v) is 7.94. The zero-order valence-electron chi connectivity index (χ0n) is 15.5. The first-order valence-corrected chi connectivity index (χ1v) is 10.3. The highest BCUT2D eigenvalue weighted by atomic mass is 35.5. The molecule has 3 atom stereocenters. The quantitative estimate of drug-likeness (QED) is 0.450. The smallest absolute Gasteiger partial charge is 0.252 e. The second kappa shape index (κ2) is 9.90. The van der Waals surface area contributed by atoms with Gasteiger partial charge in [0.05, 0.1) is 11.9 Å². The average molecular weight is 452 g/mol. The summed E-state index contributed by atoms with van der Waals surface area (Å²) in [6.07, 6.45) is -0.862. The Labute approximate surface area is 181 Å². The third-order valence-electron chi connectivity index (χ3n) is 4.14. The molecule has 1 saturated heterocycles. The summed E-state index contributed by atoms with van der Waals surface area (Å²) < 4.78 is 13.2. The highest BCUT2D eigenvalue weighted by Gasteiger charge is 2.35. The van der Waals surface area contributed by atoms with Gasteiger partial charge in [-0.15, -0.1) is 11.8 Å². The van der Waals surface area contributed by atoms with Crippen LogP contribution in [0.25, 0.3) is 0 Å². The van der Waals surface area contributed by atoms with Crippen LogP contribution in [0.4, 0.5) is 10.1 Å². The van der Waals surface area contributed by atoms with Crippen LogP contribution in [0.15, 0.2) is 48.5 Å². The van der Waals surface area contributed by atoms with Crippen LogP contribution in [0.2, 0.25) is 5.02 Å². The van der Waals surface area contributed by atoms with Gasteiger partial charge in [-0.05, 0) is 42.5 Å². The standard InChI is InChI=1S/C19H19ClFN5O3S/c20-11-6-4-10(5-7-11)17(28)24-15-16(22)25-19(26-18(15)29)30-9-14(27)23-13-3-1-2-12(21)8-13/h1-8,15-16,19,25H,9,22H2,(H,23,27)(H,24,28)(H,26,29). The van der Waals surface area contributed by atoms with Crippen LogP contribution in [-0.4, -0.2) is 41.2 Å². The van der Waals surface area contributed by atoms with Crippen molar-refractivity contribution in [2.24, 2.45) is 5.73 Å². The lowest BCUT2D eigenvalue weighted by atomic mass is 10.1. The van der Waals surface area contributed by atoms with Crippen LogP contribution in [0.3, 0.4) is 0 Å². The maximum absolute atomic E-state index is 13.2. The number of benzene rings is 2. The van der Waals surface area contributed by atoms with Crippen molar-refractivity contribution in [2.45, 2.75) is 17.7 Å². The molecule has 3 rings (SSSR count). The first-order valence-electron chi connectivity index (χ1n) is 8.87. The molecular formula is C19H19ClFN5O3S. The molecular weight excluding hydrogens is 433 g/mol. The van der Waals surface area contributed by atoms with Gasteiger partial charge in [-0.3, -0.25) is 19.7 Å². The van der Waals surface area contributed by atoms with E-state index in [1.165, 1.54) is 30.3 Å². The van der Waals surface area contributed by atoms with Gasteiger partial charge in [0.2, 0.25) is 11.8 Å². The Kier molecular flexibility index (Phi) is 7.27. The zero-order chi connectivity index (χ0) is 21.7.